The van der Waals surface area contributed by atoms with Crippen LogP contribution in [0.3, 0.4) is 0 Å². The second-order valence-corrected chi connectivity index (χ2v) is 4.99. The molecule has 1 rings (SSSR count). The van der Waals surface area contributed by atoms with Gasteiger partial charge in [0, 0.05) is 6.92 Å². The zero-order valence-electron chi connectivity index (χ0n) is 12.1. The molecule has 0 saturated heterocycles. The monoisotopic (exact) mass is 268 g/mol. The zero-order valence-corrected chi connectivity index (χ0v) is 12.1. The Labute approximate surface area is 115 Å². The summed E-state index contributed by atoms with van der Waals surface area (Å²) in [7, 11) is 0. The van der Waals surface area contributed by atoms with Gasteiger partial charge in [-0.1, -0.05) is 25.3 Å². The van der Waals surface area contributed by atoms with Crippen molar-refractivity contribution in [1.29, 1.82) is 0 Å². The Morgan fingerprint density at radius 1 is 1.26 bits per heavy atom. The maximum Gasteiger partial charge on any atom is 0.337 e. The number of hydrogen-bond donors (Lipinski definition) is 0. The van der Waals surface area contributed by atoms with Crippen molar-refractivity contribution in [2.45, 2.75) is 59.0 Å². The first-order valence-electron chi connectivity index (χ1n) is 7.10. The van der Waals surface area contributed by atoms with Crippen molar-refractivity contribution < 1.29 is 19.1 Å². The fraction of sp³-hybridized carbons (Fsp3) is 0.733. The molecule has 1 atom stereocenters. The highest BCUT2D eigenvalue weighted by Gasteiger charge is 2.23. The van der Waals surface area contributed by atoms with Crippen molar-refractivity contribution in [3.63, 3.8) is 0 Å². The largest absolute Gasteiger partial charge is 0.463 e. The van der Waals surface area contributed by atoms with E-state index < -0.39 is 6.10 Å². The van der Waals surface area contributed by atoms with Gasteiger partial charge in [0.15, 0.2) is 0 Å². The normalized spacial score (nSPS) is 18.8. The summed E-state index contributed by atoms with van der Waals surface area (Å²) in [6, 6.07) is 0. The average Bonchev–Trinajstić information content (AvgIpc) is 2.36. The second-order valence-electron chi connectivity index (χ2n) is 4.99. The van der Waals surface area contributed by atoms with Crippen molar-refractivity contribution in [1.82, 2.24) is 0 Å². The molecule has 0 aromatic carbocycles. The summed E-state index contributed by atoms with van der Waals surface area (Å²) in [5, 5.41) is 0. The molecule has 0 amide bonds. The van der Waals surface area contributed by atoms with Crippen molar-refractivity contribution in [3.8, 4) is 0 Å². The SMILES string of the molecule is CCOC(=O)/C(=C\C1CCCCC1)[C@@H](C)OC(C)=O. The molecule has 0 aromatic rings. The molecule has 108 valence electrons. The first kappa shape index (κ1) is 15.7. The van der Waals surface area contributed by atoms with E-state index in [0.29, 0.717) is 18.1 Å². The summed E-state index contributed by atoms with van der Waals surface area (Å²) in [5.41, 5.74) is 0.476. The van der Waals surface area contributed by atoms with Crippen LogP contribution < -0.4 is 0 Å². The topological polar surface area (TPSA) is 52.6 Å². The second kappa shape index (κ2) is 7.97. The first-order chi connectivity index (χ1) is 9.04. The quantitative estimate of drug-likeness (QED) is 0.568. The molecule has 4 nitrogen and oxygen atoms in total. The van der Waals surface area contributed by atoms with Crippen molar-refractivity contribution in [2.24, 2.45) is 5.92 Å². The molecular formula is C15H24O4. The van der Waals surface area contributed by atoms with Gasteiger partial charge in [0.1, 0.15) is 6.10 Å². The fourth-order valence-corrected chi connectivity index (χ4v) is 2.45. The Kier molecular flexibility index (Phi) is 6.60. The maximum absolute atomic E-state index is 12.0. The lowest BCUT2D eigenvalue weighted by atomic mass is 9.87. The van der Waals surface area contributed by atoms with Gasteiger partial charge in [-0.2, -0.15) is 0 Å². The van der Waals surface area contributed by atoms with E-state index in [1.165, 1.54) is 26.2 Å². The smallest absolute Gasteiger partial charge is 0.337 e. The lowest BCUT2D eigenvalue weighted by Gasteiger charge is -2.21. The van der Waals surface area contributed by atoms with E-state index in [1.54, 1.807) is 13.8 Å². The van der Waals surface area contributed by atoms with Crippen LogP contribution in [-0.2, 0) is 19.1 Å². The minimum Gasteiger partial charge on any atom is -0.463 e. The fourth-order valence-electron chi connectivity index (χ4n) is 2.45. The summed E-state index contributed by atoms with van der Waals surface area (Å²) < 4.78 is 10.2. The summed E-state index contributed by atoms with van der Waals surface area (Å²) in [6.07, 6.45) is 7.24. The van der Waals surface area contributed by atoms with E-state index in [-0.39, 0.29) is 11.9 Å². The van der Waals surface area contributed by atoms with Gasteiger partial charge in [-0.05, 0) is 32.6 Å². The highest BCUT2D eigenvalue weighted by Crippen LogP contribution is 2.27. The standard InChI is InChI=1S/C15H24O4/c1-4-18-15(17)14(11(2)19-12(3)16)10-13-8-6-5-7-9-13/h10-11,13H,4-9H2,1-3H3/b14-10-/t11-/m1/s1. The predicted octanol–water partition coefficient (Wildman–Crippen LogP) is 3.01. The number of rotatable bonds is 5. The molecule has 0 spiro atoms. The zero-order chi connectivity index (χ0) is 14.3. The number of allylic oxidation sites excluding steroid dienone is 1. The van der Waals surface area contributed by atoms with E-state index in [4.69, 9.17) is 9.47 Å². The van der Waals surface area contributed by atoms with Gasteiger partial charge >= 0.3 is 11.9 Å². The van der Waals surface area contributed by atoms with E-state index in [2.05, 4.69) is 0 Å². The third-order valence-electron chi connectivity index (χ3n) is 3.36. The van der Waals surface area contributed by atoms with Crippen LogP contribution in [0.4, 0.5) is 0 Å². The third-order valence-corrected chi connectivity index (χ3v) is 3.36. The first-order valence-corrected chi connectivity index (χ1v) is 7.10. The summed E-state index contributed by atoms with van der Waals surface area (Å²) >= 11 is 0. The number of hydrogen-bond acceptors (Lipinski definition) is 4. The molecule has 1 aliphatic carbocycles. The Bertz CT molecular complexity index is 340. The number of esters is 2. The maximum atomic E-state index is 12.0. The van der Waals surface area contributed by atoms with Gasteiger partial charge in [0.05, 0.1) is 12.2 Å². The van der Waals surface area contributed by atoms with Gasteiger partial charge in [0.25, 0.3) is 0 Å². The lowest BCUT2D eigenvalue weighted by molar-refractivity contribution is -0.146. The lowest BCUT2D eigenvalue weighted by Crippen LogP contribution is -2.23. The minimum atomic E-state index is -0.543. The Balaban J connectivity index is 2.80. The number of carbonyl (C=O) groups excluding carboxylic acids is 2. The molecule has 0 N–H and O–H groups in total. The van der Waals surface area contributed by atoms with Crippen LogP contribution in [0.2, 0.25) is 0 Å². The van der Waals surface area contributed by atoms with Gasteiger partial charge in [-0.3, -0.25) is 4.79 Å². The minimum absolute atomic E-state index is 0.327. The molecule has 1 aliphatic rings. The number of carbonyl (C=O) groups is 2. The Morgan fingerprint density at radius 3 is 2.42 bits per heavy atom. The number of ether oxygens (including phenoxy) is 2. The van der Waals surface area contributed by atoms with E-state index in [0.717, 1.165) is 12.8 Å². The molecule has 0 aliphatic heterocycles. The molecule has 4 heteroatoms. The van der Waals surface area contributed by atoms with Gasteiger partial charge in [0.2, 0.25) is 0 Å². The van der Waals surface area contributed by atoms with Crippen molar-refractivity contribution in [3.05, 3.63) is 11.6 Å². The Morgan fingerprint density at radius 2 is 1.89 bits per heavy atom. The van der Waals surface area contributed by atoms with Crippen LogP contribution in [-0.4, -0.2) is 24.6 Å². The third kappa shape index (κ3) is 5.45. The molecule has 1 saturated carbocycles. The van der Waals surface area contributed by atoms with Crippen LogP contribution in [0.15, 0.2) is 11.6 Å². The van der Waals surface area contributed by atoms with E-state index >= 15 is 0 Å². The van der Waals surface area contributed by atoms with Crippen LogP contribution in [0.25, 0.3) is 0 Å². The molecule has 19 heavy (non-hydrogen) atoms. The van der Waals surface area contributed by atoms with Crippen LogP contribution in [0.1, 0.15) is 52.9 Å². The van der Waals surface area contributed by atoms with Crippen molar-refractivity contribution >= 4 is 11.9 Å². The van der Waals surface area contributed by atoms with E-state index in [9.17, 15) is 9.59 Å². The highest BCUT2D eigenvalue weighted by molar-refractivity contribution is 5.90. The summed E-state index contributed by atoms with van der Waals surface area (Å²) in [5.74, 6) is -0.362. The highest BCUT2D eigenvalue weighted by atomic mass is 16.6. The van der Waals surface area contributed by atoms with Crippen LogP contribution >= 0.6 is 0 Å². The molecule has 0 aromatic heterocycles. The molecule has 0 radical (unpaired) electrons. The summed E-state index contributed by atoms with van der Waals surface area (Å²) in [6.45, 7) is 5.16. The predicted molar refractivity (Wildman–Crippen MR) is 72.5 cm³/mol. The van der Waals surface area contributed by atoms with Gasteiger partial charge in [-0.25, -0.2) is 4.79 Å². The molecule has 0 heterocycles. The molecular weight excluding hydrogens is 244 g/mol. The average molecular weight is 268 g/mol. The van der Waals surface area contributed by atoms with Gasteiger partial charge < -0.3 is 9.47 Å². The molecule has 1 fully saturated rings. The van der Waals surface area contributed by atoms with E-state index in [1.807, 2.05) is 6.08 Å². The molecule has 0 unspecified atom stereocenters. The molecule has 0 bridgehead atoms. The van der Waals surface area contributed by atoms with Gasteiger partial charge in [-0.15, -0.1) is 0 Å². The summed E-state index contributed by atoms with van der Waals surface area (Å²) in [4.78, 5) is 23.0. The van der Waals surface area contributed by atoms with Crippen molar-refractivity contribution in [2.75, 3.05) is 6.61 Å². The van der Waals surface area contributed by atoms with Crippen LogP contribution in [0.5, 0.6) is 0 Å². The van der Waals surface area contributed by atoms with Crippen LogP contribution in [0, 0.1) is 5.92 Å². The Hall–Kier alpha value is -1.32.